The van der Waals surface area contributed by atoms with E-state index in [1.165, 1.54) is 12.8 Å². The van der Waals surface area contributed by atoms with Crippen molar-refractivity contribution in [3.05, 3.63) is 0 Å². The zero-order valence-electron chi connectivity index (χ0n) is 2.87. The van der Waals surface area contributed by atoms with Crippen LogP contribution in [0.2, 0.25) is 0 Å². The fraction of sp³-hybridized carbons (Fsp3) is 1.00. The van der Waals surface area contributed by atoms with Gasteiger partial charge in [0, 0.05) is 0 Å². The monoisotopic (exact) mass is 183 g/mol. The van der Waals surface area contributed by atoms with Crippen LogP contribution in [0.4, 0.5) is 0 Å². The molecule has 1 saturated carbocycles. The van der Waals surface area contributed by atoms with Gasteiger partial charge in [0.25, 0.3) is 0 Å². The molecule has 0 unspecified atom stereocenters. The first kappa shape index (κ1) is 3.87. The van der Waals surface area contributed by atoms with Crippen molar-refractivity contribution in [1.29, 1.82) is 0 Å². The fourth-order valence-corrected chi connectivity index (χ4v) is 0.389. The zero-order valence-corrected chi connectivity index (χ0v) is 5.03. The Bertz CT molecular complexity index is 44.9. The lowest BCUT2D eigenvalue weighted by atomic mass is 10.8. The molecule has 1 aliphatic carbocycles. The summed E-state index contributed by atoms with van der Waals surface area (Å²) in [6, 6.07) is 0. The number of halogens is 1. The SMILES string of the molecule is NC1(I)CC1. The second-order valence-corrected chi connectivity index (χ2v) is 3.68. The minimum atomic E-state index is 0.220. The van der Waals surface area contributed by atoms with Gasteiger partial charge in [-0.3, -0.25) is 0 Å². The molecule has 1 rings (SSSR count). The molecule has 2 N–H and O–H groups in total. The van der Waals surface area contributed by atoms with Gasteiger partial charge in [0.1, 0.15) is 0 Å². The van der Waals surface area contributed by atoms with Crippen molar-refractivity contribution >= 4 is 22.6 Å². The first-order valence-corrected chi connectivity index (χ1v) is 2.76. The van der Waals surface area contributed by atoms with Gasteiger partial charge in [-0.1, -0.05) is 22.6 Å². The van der Waals surface area contributed by atoms with Crippen LogP contribution < -0.4 is 5.73 Å². The summed E-state index contributed by atoms with van der Waals surface area (Å²) in [5, 5.41) is 0. The summed E-state index contributed by atoms with van der Waals surface area (Å²) in [5.74, 6) is 0. The summed E-state index contributed by atoms with van der Waals surface area (Å²) in [5.41, 5.74) is 5.45. The average molecular weight is 183 g/mol. The first-order chi connectivity index (χ1) is 2.21. The van der Waals surface area contributed by atoms with Crippen LogP contribution in [-0.2, 0) is 0 Å². The van der Waals surface area contributed by atoms with E-state index in [-0.39, 0.29) is 3.55 Å². The van der Waals surface area contributed by atoms with Crippen molar-refractivity contribution < 1.29 is 0 Å². The first-order valence-electron chi connectivity index (χ1n) is 1.68. The van der Waals surface area contributed by atoms with E-state index in [2.05, 4.69) is 22.6 Å². The van der Waals surface area contributed by atoms with Crippen molar-refractivity contribution in [3.63, 3.8) is 0 Å². The average Bonchev–Trinajstić information content (AvgIpc) is 1.76. The van der Waals surface area contributed by atoms with Gasteiger partial charge in [0.2, 0.25) is 0 Å². The lowest BCUT2D eigenvalue weighted by molar-refractivity contribution is 1.03. The largest absolute Gasteiger partial charge is 0.317 e. The van der Waals surface area contributed by atoms with Gasteiger partial charge >= 0.3 is 0 Å². The molecule has 0 saturated heterocycles. The van der Waals surface area contributed by atoms with Crippen molar-refractivity contribution in [2.45, 2.75) is 16.4 Å². The molecule has 0 amide bonds. The van der Waals surface area contributed by atoms with Gasteiger partial charge in [-0.15, -0.1) is 0 Å². The van der Waals surface area contributed by atoms with Gasteiger partial charge in [0.15, 0.2) is 0 Å². The highest BCUT2D eigenvalue weighted by Gasteiger charge is 2.34. The molecule has 0 radical (unpaired) electrons. The summed E-state index contributed by atoms with van der Waals surface area (Å²) in [7, 11) is 0. The van der Waals surface area contributed by atoms with E-state index < -0.39 is 0 Å². The minimum Gasteiger partial charge on any atom is -0.317 e. The van der Waals surface area contributed by atoms with Gasteiger partial charge in [-0.05, 0) is 12.8 Å². The second-order valence-electron chi connectivity index (χ2n) is 1.53. The number of rotatable bonds is 0. The predicted molar refractivity (Wildman–Crippen MR) is 30.2 cm³/mol. The normalized spacial score (nSPS) is 30.0. The fourth-order valence-electron chi connectivity index (χ4n) is 0.119. The van der Waals surface area contributed by atoms with Crippen molar-refractivity contribution in [3.8, 4) is 0 Å². The summed E-state index contributed by atoms with van der Waals surface area (Å²) in [4.78, 5) is 0. The number of nitrogens with two attached hydrogens (primary N) is 1. The maximum Gasteiger partial charge on any atom is 0.0682 e. The highest BCUT2D eigenvalue weighted by Crippen LogP contribution is 2.38. The third kappa shape index (κ3) is 1.05. The Morgan fingerprint density at radius 2 is 1.80 bits per heavy atom. The summed E-state index contributed by atoms with van der Waals surface area (Å²) >= 11 is 2.27. The second kappa shape index (κ2) is 0.846. The Hall–Kier alpha value is 0.690. The Morgan fingerprint density at radius 1 is 1.60 bits per heavy atom. The van der Waals surface area contributed by atoms with Crippen molar-refractivity contribution in [2.75, 3.05) is 0 Å². The molecule has 0 atom stereocenters. The molecule has 2 heteroatoms. The molecule has 0 aromatic carbocycles. The molecule has 1 aliphatic rings. The maximum absolute atomic E-state index is 5.45. The smallest absolute Gasteiger partial charge is 0.0682 e. The van der Waals surface area contributed by atoms with Crippen LogP contribution >= 0.6 is 22.6 Å². The third-order valence-electron chi connectivity index (χ3n) is 0.728. The molecule has 0 spiro atoms. The Labute approximate surface area is 45.1 Å². The highest BCUT2D eigenvalue weighted by atomic mass is 127. The predicted octanol–water partition coefficient (Wildman–Crippen LogP) is 0.870. The van der Waals surface area contributed by atoms with Crippen LogP contribution in [0.15, 0.2) is 0 Å². The lowest BCUT2D eigenvalue weighted by Gasteiger charge is -1.85. The van der Waals surface area contributed by atoms with Crippen LogP contribution in [-0.4, -0.2) is 3.55 Å². The molecule has 1 nitrogen and oxygen atoms in total. The Kier molecular flexibility index (Phi) is 0.654. The van der Waals surface area contributed by atoms with Gasteiger partial charge in [-0.2, -0.15) is 0 Å². The topological polar surface area (TPSA) is 26.0 Å². The summed E-state index contributed by atoms with van der Waals surface area (Å²) in [6.07, 6.45) is 2.43. The van der Waals surface area contributed by atoms with Gasteiger partial charge < -0.3 is 5.73 Å². The van der Waals surface area contributed by atoms with Crippen molar-refractivity contribution in [2.24, 2.45) is 5.73 Å². The van der Waals surface area contributed by atoms with Crippen LogP contribution in [0.1, 0.15) is 12.8 Å². The summed E-state index contributed by atoms with van der Waals surface area (Å²) in [6.45, 7) is 0. The van der Waals surface area contributed by atoms with Crippen LogP contribution in [0.5, 0.6) is 0 Å². The molecular weight excluding hydrogens is 177 g/mol. The minimum absolute atomic E-state index is 0.220. The molecule has 0 aromatic heterocycles. The number of hydrogen-bond donors (Lipinski definition) is 1. The molecule has 0 heterocycles. The summed E-state index contributed by atoms with van der Waals surface area (Å²) < 4.78 is 0.220. The molecule has 1 fully saturated rings. The van der Waals surface area contributed by atoms with Gasteiger partial charge in [0.05, 0.1) is 3.55 Å². The number of alkyl halides is 1. The standard InChI is InChI=1S/C3H6IN/c4-3(5)1-2-3/h1-2,5H2. The Balaban J connectivity index is 2.38. The van der Waals surface area contributed by atoms with E-state index in [1.54, 1.807) is 0 Å². The highest BCUT2D eigenvalue weighted by molar-refractivity contribution is 14.1. The molecule has 0 bridgehead atoms. The lowest BCUT2D eigenvalue weighted by Crippen LogP contribution is -2.09. The van der Waals surface area contributed by atoms with E-state index in [0.29, 0.717) is 0 Å². The molecular formula is C3H6IN. The molecule has 0 aromatic rings. The Morgan fingerprint density at radius 3 is 1.80 bits per heavy atom. The van der Waals surface area contributed by atoms with Gasteiger partial charge in [-0.25, -0.2) is 0 Å². The van der Waals surface area contributed by atoms with E-state index in [0.717, 1.165) is 0 Å². The van der Waals surface area contributed by atoms with E-state index in [4.69, 9.17) is 5.73 Å². The molecule has 0 aliphatic heterocycles. The van der Waals surface area contributed by atoms with Crippen LogP contribution in [0.25, 0.3) is 0 Å². The van der Waals surface area contributed by atoms with Crippen LogP contribution in [0.3, 0.4) is 0 Å². The third-order valence-corrected chi connectivity index (χ3v) is 1.81. The molecule has 5 heavy (non-hydrogen) atoms. The number of hydrogen-bond acceptors (Lipinski definition) is 1. The van der Waals surface area contributed by atoms with E-state index >= 15 is 0 Å². The van der Waals surface area contributed by atoms with E-state index in [9.17, 15) is 0 Å². The van der Waals surface area contributed by atoms with E-state index in [1.807, 2.05) is 0 Å². The van der Waals surface area contributed by atoms with Crippen LogP contribution in [0, 0.1) is 0 Å². The van der Waals surface area contributed by atoms with Crippen molar-refractivity contribution in [1.82, 2.24) is 0 Å². The quantitative estimate of drug-likeness (QED) is 0.336. The molecule has 30 valence electrons. The maximum atomic E-state index is 5.45. The zero-order chi connectivity index (χ0) is 3.91.